The molecule has 0 aromatic rings. The highest BCUT2D eigenvalue weighted by atomic mass is 16.6. The summed E-state index contributed by atoms with van der Waals surface area (Å²) in [7, 11) is 0. The number of nitrogens with one attached hydrogen (secondary N) is 1. The summed E-state index contributed by atoms with van der Waals surface area (Å²) in [4.78, 5) is 10.7. The van der Waals surface area contributed by atoms with Gasteiger partial charge < -0.3 is 10.1 Å². The fraction of sp³-hybridized carbons (Fsp3) is 0.857. The first-order valence-corrected chi connectivity index (χ1v) is 3.55. The lowest BCUT2D eigenvalue weighted by Crippen LogP contribution is -2.41. The maximum atomic E-state index is 10.7. The van der Waals surface area contributed by atoms with E-state index in [1.807, 2.05) is 20.8 Å². The van der Waals surface area contributed by atoms with E-state index in [0.717, 1.165) is 6.42 Å². The molecule has 0 aromatic heterocycles. The fourth-order valence-electron chi connectivity index (χ4n) is 1.24. The van der Waals surface area contributed by atoms with Crippen LogP contribution in [0.5, 0.6) is 0 Å². The Labute approximate surface area is 60.7 Å². The quantitative estimate of drug-likeness (QED) is 0.600. The van der Waals surface area contributed by atoms with E-state index in [9.17, 15) is 4.79 Å². The van der Waals surface area contributed by atoms with Crippen LogP contribution in [0, 0.1) is 0 Å². The molecular formula is C7H13NO2. The Morgan fingerprint density at radius 3 is 2.50 bits per heavy atom. The molecule has 1 rings (SSSR count). The molecule has 58 valence electrons. The van der Waals surface area contributed by atoms with Gasteiger partial charge in [0.05, 0.1) is 5.54 Å². The van der Waals surface area contributed by atoms with Gasteiger partial charge in [-0.3, -0.25) is 0 Å². The fourth-order valence-corrected chi connectivity index (χ4v) is 1.24. The van der Waals surface area contributed by atoms with Crippen LogP contribution in [0.4, 0.5) is 4.79 Å². The van der Waals surface area contributed by atoms with E-state index in [-0.39, 0.29) is 17.7 Å². The summed E-state index contributed by atoms with van der Waals surface area (Å²) in [6, 6.07) is 0. The number of carbonyl (C=O) groups excluding carboxylic acids is 1. The lowest BCUT2D eigenvalue weighted by atomic mass is 9.97. The zero-order valence-corrected chi connectivity index (χ0v) is 6.60. The summed E-state index contributed by atoms with van der Waals surface area (Å²) in [5, 5.41) is 2.73. The van der Waals surface area contributed by atoms with Crippen molar-refractivity contribution in [3.8, 4) is 0 Å². The molecule has 0 unspecified atom stereocenters. The highest BCUT2D eigenvalue weighted by Crippen LogP contribution is 2.21. The van der Waals surface area contributed by atoms with Crippen LogP contribution < -0.4 is 5.32 Å². The first kappa shape index (κ1) is 7.38. The second kappa shape index (κ2) is 2.15. The molecule has 0 radical (unpaired) electrons. The highest BCUT2D eigenvalue weighted by Gasteiger charge is 2.39. The van der Waals surface area contributed by atoms with Crippen LogP contribution in [0.15, 0.2) is 0 Å². The largest absolute Gasteiger partial charge is 0.444 e. The number of hydrogen-bond donors (Lipinski definition) is 1. The van der Waals surface area contributed by atoms with Crippen molar-refractivity contribution in [2.75, 3.05) is 0 Å². The Morgan fingerprint density at radius 2 is 2.30 bits per heavy atom. The summed E-state index contributed by atoms with van der Waals surface area (Å²) in [5.41, 5.74) is -0.189. The van der Waals surface area contributed by atoms with Crippen molar-refractivity contribution in [2.45, 2.75) is 38.8 Å². The van der Waals surface area contributed by atoms with E-state index in [1.165, 1.54) is 0 Å². The Hall–Kier alpha value is -0.730. The lowest BCUT2D eigenvalue weighted by Gasteiger charge is -2.21. The van der Waals surface area contributed by atoms with Crippen LogP contribution in [0.25, 0.3) is 0 Å². The van der Waals surface area contributed by atoms with Crippen LogP contribution in [0.2, 0.25) is 0 Å². The van der Waals surface area contributed by atoms with Crippen molar-refractivity contribution >= 4 is 6.09 Å². The third-order valence-electron chi connectivity index (χ3n) is 1.85. The monoisotopic (exact) mass is 143 g/mol. The van der Waals surface area contributed by atoms with Crippen LogP contribution in [0.1, 0.15) is 27.2 Å². The molecule has 0 spiro atoms. The average molecular weight is 143 g/mol. The van der Waals surface area contributed by atoms with Crippen molar-refractivity contribution in [3.63, 3.8) is 0 Å². The van der Waals surface area contributed by atoms with Gasteiger partial charge >= 0.3 is 6.09 Å². The van der Waals surface area contributed by atoms with Crippen molar-refractivity contribution in [1.29, 1.82) is 0 Å². The van der Waals surface area contributed by atoms with Gasteiger partial charge in [0.1, 0.15) is 6.10 Å². The Balaban J connectivity index is 2.67. The predicted octanol–water partition coefficient (Wildman–Crippen LogP) is 1.28. The molecular weight excluding hydrogens is 130 g/mol. The number of hydrogen-bond acceptors (Lipinski definition) is 2. The summed E-state index contributed by atoms with van der Waals surface area (Å²) >= 11 is 0. The first-order chi connectivity index (χ1) is 4.56. The number of ether oxygens (including phenoxy) is 1. The standard InChI is InChI=1S/C7H13NO2/c1-4-5-7(2,3)8-6(9)10-5/h5H,4H2,1-3H3,(H,8,9)/t5-/m0/s1. The van der Waals surface area contributed by atoms with Gasteiger partial charge in [-0.1, -0.05) is 6.92 Å². The molecule has 1 saturated heterocycles. The first-order valence-electron chi connectivity index (χ1n) is 3.55. The molecule has 1 atom stereocenters. The molecule has 0 bridgehead atoms. The number of alkyl carbamates (subject to hydrolysis) is 1. The molecule has 10 heavy (non-hydrogen) atoms. The zero-order valence-electron chi connectivity index (χ0n) is 6.60. The highest BCUT2D eigenvalue weighted by molar-refractivity contribution is 5.71. The summed E-state index contributed by atoms with van der Waals surface area (Å²) in [6.45, 7) is 5.94. The van der Waals surface area contributed by atoms with Gasteiger partial charge in [0.2, 0.25) is 0 Å². The molecule has 1 N–H and O–H groups in total. The van der Waals surface area contributed by atoms with Crippen LogP contribution in [0.3, 0.4) is 0 Å². The molecule has 3 heteroatoms. The second-order valence-electron chi connectivity index (χ2n) is 3.15. The zero-order chi connectivity index (χ0) is 7.78. The summed E-state index contributed by atoms with van der Waals surface area (Å²) in [5.74, 6) is 0. The molecule has 0 saturated carbocycles. The smallest absolute Gasteiger partial charge is 0.408 e. The topological polar surface area (TPSA) is 38.3 Å². The van der Waals surface area contributed by atoms with Crippen LogP contribution in [-0.2, 0) is 4.74 Å². The number of cyclic esters (lactones) is 1. The van der Waals surface area contributed by atoms with Gasteiger partial charge in [-0.05, 0) is 20.3 Å². The second-order valence-corrected chi connectivity index (χ2v) is 3.15. The van der Waals surface area contributed by atoms with E-state index < -0.39 is 0 Å². The van der Waals surface area contributed by atoms with Gasteiger partial charge in [-0.25, -0.2) is 4.79 Å². The van der Waals surface area contributed by atoms with Crippen molar-refractivity contribution in [1.82, 2.24) is 5.32 Å². The molecule has 1 aliphatic heterocycles. The van der Waals surface area contributed by atoms with Gasteiger partial charge in [0, 0.05) is 0 Å². The number of rotatable bonds is 1. The van der Waals surface area contributed by atoms with E-state index in [4.69, 9.17) is 4.74 Å². The maximum absolute atomic E-state index is 10.7. The molecule has 1 heterocycles. The van der Waals surface area contributed by atoms with E-state index >= 15 is 0 Å². The molecule has 1 amide bonds. The third kappa shape index (κ3) is 1.08. The van der Waals surface area contributed by atoms with Crippen LogP contribution in [-0.4, -0.2) is 17.7 Å². The SMILES string of the molecule is CC[C@@H]1OC(=O)NC1(C)C. The number of carbonyl (C=O) groups is 1. The van der Waals surface area contributed by atoms with Crippen LogP contribution >= 0.6 is 0 Å². The van der Waals surface area contributed by atoms with Crippen molar-refractivity contribution in [2.24, 2.45) is 0 Å². The average Bonchev–Trinajstić information content (AvgIpc) is 2.04. The predicted molar refractivity (Wildman–Crippen MR) is 37.8 cm³/mol. The minimum atomic E-state index is -0.295. The van der Waals surface area contributed by atoms with Gasteiger partial charge in [0.15, 0.2) is 0 Å². The maximum Gasteiger partial charge on any atom is 0.408 e. The Kier molecular flexibility index (Phi) is 1.58. The van der Waals surface area contributed by atoms with Gasteiger partial charge in [-0.15, -0.1) is 0 Å². The minimum absolute atomic E-state index is 0.0278. The molecule has 0 aliphatic carbocycles. The summed E-state index contributed by atoms with van der Waals surface area (Å²) in [6.07, 6.45) is 0.600. The molecule has 0 aromatic carbocycles. The molecule has 3 nitrogen and oxygen atoms in total. The van der Waals surface area contributed by atoms with Crippen molar-refractivity contribution < 1.29 is 9.53 Å². The Bertz CT molecular complexity index is 154. The van der Waals surface area contributed by atoms with E-state index in [0.29, 0.717) is 0 Å². The normalized spacial score (nSPS) is 29.5. The third-order valence-corrected chi connectivity index (χ3v) is 1.85. The molecule has 1 aliphatic rings. The Morgan fingerprint density at radius 1 is 1.70 bits per heavy atom. The molecule has 1 fully saturated rings. The van der Waals surface area contributed by atoms with E-state index in [1.54, 1.807) is 0 Å². The summed E-state index contributed by atoms with van der Waals surface area (Å²) < 4.78 is 4.98. The number of amides is 1. The van der Waals surface area contributed by atoms with E-state index in [2.05, 4.69) is 5.32 Å². The van der Waals surface area contributed by atoms with Gasteiger partial charge in [-0.2, -0.15) is 0 Å². The van der Waals surface area contributed by atoms with Gasteiger partial charge in [0.25, 0.3) is 0 Å². The lowest BCUT2D eigenvalue weighted by molar-refractivity contribution is 0.114. The van der Waals surface area contributed by atoms with Crippen molar-refractivity contribution in [3.05, 3.63) is 0 Å². The minimum Gasteiger partial charge on any atom is -0.444 e.